The Morgan fingerprint density at radius 1 is 1.44 bits per heavy atom. The van der Waals surface area contributed by atoms with Crippen LogP contribution in [0.15, 0.2) is 29.3 Å². The van der Waals surface area contributed by atoms with E-state index in [1.807, 2.05) is 27.1 Å². The van der Waals surface area contributed by atoms with Gasteiger partial charge in [0.2, 0.25) is 0 Å². The lowest BCUT2D eigenvalue weighted by Crippen LogP contribution is -2.11. The van der Waals surface area contributed by atoms with Gasteiger partial charge in [0, 0.05) is 30.7 Å². The van der Waals surface area contributed by atoms with Crippen molar-refractivity contribution in [1.29, 1.82) is 0 Å². The molecule has 3 heteroatoms. The Morgan fingerprint density at radius 2 is 2.19 bits per heavy atom. The molecular weight excluding hydrogens is 200 g/mol. The van der Waals surface area contributed by atoms with E-state index < -0.39 is 0 Å². The smallest absolute Gasteiger partial charge is 0.172 e. The number of benzene rings is 1. The van der Waals surface area contributed by atoms with Gasteiger partial charge in [0.05, 0.1) is 5.69 Å². The maximum absolute atomic E-state index is 5.40. The molecule has 0 aliphatic heterocycles. The standard InChI is InChI=1S/C13H16N2O/c1-5-6-11-12(15(3)4)8-7-10-9(2)14-16-13(10)11/h5,7-8H,1,6H2,2-4H3. The first-order valence-electron chi connectivity index (χ1n) is 5.31. The summed E-state index contributed by atoms with van der Waals surface area (Å²) < 4.78 is 5.40. The van der Waals surface area contributed by atoms with Gasteiger partial charge >= 0.3 is 0 Å². The van der Waals surface area contributed by atoms with Crippen LogP contribution in [0, 0.1) is 6.92 Å². The van der Waals surface area contributed by atoms with E-state index in [-0.39, 0.29) is 0 Å². The Morgan fingerprint density at radius 3 is 2.81 bits per heavy atom. The Balaban J connectivity index is 2.73. The van der Waals surface area contributed by atoms with E-state index >= 15 is 0 Å². The first kappa shape index (κ1) is 10.7. The summed E-state index contributed by atoms with van der Waals surface area (Å²) in [5.74, 6) is 0. The quantitative estimate of drug-likeness (QED) is 0.739. The summed E-state index contributed by atoms with van der Waals surface area (Å²) in [6, 6.07) is 4.16. The molecule has 3 nitrogen and oxygen atoms in total. The summed E-state index contributed by atoms with van der Waals surface area (Å²) in [4.78, 5) is 2.08. The van der Waals surface area contributed by atoms with Gasteiger partial charge in [0.25, 0.3) is 0 Å². The van der Waals surface area contributed by atoms with Crippen molar-refractivity contribution in [2.45, 2.75) is 13.3 Å². The highest BCUT2D eigenvalue weighted by atomic mass is 16.5. The van der Waals surface area contributed by atoms with Crippen LogP contribution < -0.4 is 4.90 Å². The van der Waals surface area contributed by atoms with Gasteiger partial charge in [-0.1, -0.05) is 11.2 Å². The van der Waals surface area contributed by atoms with E-state index in [2.05, 4.69) is 28.8 Å². The van der Waals surface area contributed by atoms with Crippen LogP contribution in [-0.4, -0.2) is 19.3 Å². The molecule has 0 radical (unpaired) electrons. The van der Waals surface area contributed by atoms with Crippen LogP contribution in [0.2, 0.25) is 0 Å². The minimum absolute atomic E-state index is 0.791. The minimum Gasteiger partial charge on any atom is -0.377 e. The van der Waals surface area contributed by atoms with Gasteiger partial charge in [-0.05, 0) is 25.5 Å². The van der Waals surface area contributed by atoms with Crippen molar-refractivity contribution in [3.05, 3.63) is 36.0 Å². The van der Waals surface area contributed by atoms with E-state index in [1.54, 1.807) is 0 Å². The molecule has 16 heavy (non-hydrogen) atoms. The Labute approximate surface area is 95.3 Å². The van der Waals surface area contributed by atoms with Crippen molar-refractivity contribution >= 4 is 16.7 Å². The van der Waals surface area contributed by atoms with Gasteiger partial charge in [-0.15, -0.1) is 6.58 Å². The van der Waals surface area contributed by atoms with Gasteiger partial charge in [-0.2, -0.15) is 0 Å². The molecule has 0 aliphatic rings. The molecule has 1 aromatic heterocycles. The number of rotatable bonds is 3. The van der Waals surface area contributed by atoms with Crippen molar-refractivity contribution in [2.24, 2.45) is 0 Å². The summed E-state index contributed by atoms with van der Waals surface area (Å²) >= 11 is 0. The van der Waals surface area contributed by atoms with Gasteiger partial charge in [-0.3, -0.25) is 0 Å². The average molecular weight is 216 g/mol. The highest BCUT2D eigenvalue weighted by Crippen LogP contribution is 2.30. The van der Waals surface area contributed by atoms with E-state index in [4.69, 9.17) is 4.52 Å². The second-order valence-electron chi connectivity index (χ2n) is 4.10. The third-order valence-corrected chi connectivity index (χ3v) is 2.73. The maximum atomic E-state index is 5.40. The topological polar surface area (TPSA) is 29.3 Å². The second kappa shape index (κ2) is 4.00. The number of fused-ring (bicyclic) bond motifs is 1. The lowest BCUT2D eigenvalue weighted by atomic mass is 10.0. The van der Waals surface area contributed by atoms with Gasteiger partial charge in [0.1, 0.15) is 0 Å². The van der Waals surface area contributed by atoms with E-state index in [0.29, 0.717) is 0 Å². The molecule has 0 unspecified atom stereocenters. The predicted molar refractivity (Wildman–Crippen MR) is 67.0 cm³/mol. The molecule has 2 rings (SSSR count). The molecular formula is C13H16N2O. The lowest BCUT2D eigenvalue weighted by molar-refractivity contribution is 0.448. The van der Waals surface area contributed by atoms with Crippen LogP contribution in [0.4, 0.5) is 5.69 Å². The largest absolute Gasteiger partial charge is 0.377 e. The van der Waals surface area contributed by atoms with Gasteiger partial charge in [-0.25, -0.2) is 0 Å². The van der Waals surface area contributed by atoms with Crippen LogP contribution >= 0.6 is 0 Å². The van der Waals surface area contributed by atoms with Crippen LogP contribution in [0.3, 0.4) is 0 Å². The highest BCUT2D eigenvalue weighted by molar-refractivity contribution is 5.87. The number of aryl methyl sites for hydroxylation is 1. The van der Waals surface area contributed by atoms with Gasteiger partial charge < -0.3 is 9.42 Å². The Kier molecular flexibility index (Phi) is 2.69. The number of anilines is 1. The maximum Gasteiger partial charge on any atom is 0.172 e. The number of hydrogen-bond acceptors (Lipinski definition) is 3. The fourth-order valence-electron chi connectivity index (χ4n) is 1.93. The molecule has 0 fully saturated rings. The van der Waals surface area contributed by atoms with Crippen LogP contribution in [0.25, 0.3) is 11.0 Å². The van der Waals surface area contributed by atoms with Crippen LogP contribution in [-0.2, 0) is 6.42 Å². The fourth-order valence-corrected chi connectivity index (χ4v) is 1.93. The van der Waals surface area contributed by atoms with Crippen LogP contribution in [0.5, 0.6) is 0 Å². The first-order chi connectivity index (χ1) is 7.65. The number of nitrogens with zero attached hydrogens (tertiary/aromatic N) is 2. The minimum atomic E-state index is 0.791. The lowest BCUT2D eigenvalue weighted by Gasteiger charge is -2.16. The van der Waals surface area contributed by atoms with E-state index in [1.165, 1.54) is 0 Å². The summed E-state index contributed by atoms with van der Waals surface area (Å²) in [6.45, 7) is 5.75. The van der Waals surface area contributed by atoms with Crippen molar-refractivity contribution < 1.29 is 4.52 Å². The summed E-state index contributed by atoms with van der Waals surface area (Å²) in [5, 5.41) is 5.10. The monoisotopic (exact) mass is 216 g/mol. The van der Waals surface area contributed by atoms with Crippen molar-refractivity contribution in [3.63, 3.8) is 0 Å². The Hall–Kier alpha value is -1.77. The molecule has 0 saturated carbocycles. The molecule has 1 heterocycles. The number of hydrogen-bond donors (Lipinski definition) is 0. The molecule has 1 aromatic carbocycles. The third kappa shape index (κ3) is 1.58. The molecule has 0 N–H and O–H groups in total. The fraction of sp³-hybridized carbons (Fsp3) is 0.308. The molecule has 2 aromatic rings. The molecule has 0 spiro atoms. The number of aromatic nitrogens is 1. The Bertz CT molecular complexity index is 526. The zero-order valence-corrected chi connectivity index (χ0v) is 9.95. The predicted octanol–water partition coefficient (Wildman–Crippen LogP) is 2.93. The van der Waals surface area contributed by atoms with Crippen molar-refractivity contribution in [3.8, 4) is 0 Å². The SMILES string of the molecule is C=CCc1c(N(C)C)ccc2c(C)noc12. The van der Waals surface area contributed by atoms with Gasteiger partial charge in [0.15, 0.2) is 5.58 Å². The molecule has 0 atom stereocenters. The zero-order valence-electron chi connectivity index (χ0n) is 9.95. The van der Waals surface area contributed by atoms with E-state index in [9.17, 15) is 0 Å². The first-order valence-corrected chi connectivity index (χ1v) is 5.31. The van der Waals surface area contributed by atoms with Crippen LogP contribution in [0.1, 0.15) is 11.3 Å². The van der Waals surface area contributed by atoms with E-state index in [0.717, 1.165) is 34.3 Å². The average Bonchev–Trinajstić information content (AvgIpc) is 2.61. The molecule has 0 bridgehead atoms. The van der Waals surface area contributed by atoms with Crippen molar-refractivity contribution in [1.82, 2.24) is 5.16 Å². The molecule has 84 valence electrons. The third-order valence-electron chi connectivity index (χ3n) is 2.73. The van der Waals surface area contributed by atoms with Crippen molar-refractivity contribution in [2.75, 3.05) is 19.0 Å². The molecule has 0 amide bonds. The highest BCUT2D eigenvalue weighted by Gasteiger charge is 2.13. The summed E-state index contributed by atoms with van der Waals surface area (Å²) in [5.41, 5.74) is 4.12. The molecule has 0 aliphatic carbocycles. The molecule has 0 saturated heterocycles. The summed E-state index contributed by atoms with van der Waals surface area (Å²) in [6.07, 6.45) is 2.68. The normalized spacial score (nSPS) is 10.7. The second-order valence-corrected chi connectivity index (χ2v) is 4.10. The summed E-state index contributed by atoms with van der Waals surface area (Å²) in [7, 11) is 4.05. The zero-order chi connectivity index (χ0) is 11.7. The number of allylic oxidation sites excluding steroid dienone is 1.